The molecule has 3 saturated carbocycles. The topological polar surface area (TPSA) is 186 Å². The van der Waals surface area contributed by atoms with Crippen LogP contribution < -0.4 is 0 Å². The minimum atomic E-state index is -2.21. The monoisotopic (exact) mass is 638 g/mol. The highest BCUT2D eigenvalue weighted by Gasteiger charge is 2.69. The van der Waals surface area contributed by atoms with Gasteiger partial charge in [-0.15, -0.1) is 0 Å². The van der Waals surface area contributed by atoms with Crippen LogP contribution in [0.25, 0.3) is 0 Å². The molecule has 2 aliphatic heterocycles. The highest BCUT2D eigenvalue weighted by atomic mass is 16.7. The summed E-state index contributed by atoms with van der Waals surface area (Å²) in [4.78, 5) is 13.2. The van der Waals surface area contributed by atoms with Gasteiger partial charge >= 0.3 is 5.97 Å². The molecule has 2 saturated heterocycles. The van der Waals surface area contributed by atoms with Gasteiger partial charge in [0.1, 0.15) is 30.5 Å². The van der Waals surface area contributed by atoms with E-state index in [1.54, 1.807) is 0 Å². The van der Waals surface area contributed by atoms with Crippen molar-refractivity contribution in [1.29, 1.82) is 0 Å². The Balaban J connectivity index is 1.21. The van der Waals surface area contributed by atoms with Gasteiger partial charge in [0, 0.05) is 24.2 Å². The second-order valence-corrected chi connectivity index (χ2v) is 15.8. The minimum Gasteiger partial charge on any atom is -0.459 e. The number of ether oxygens (including phenoxy) is 3. The van der Waals surface area contributed by atoms with Crippen LogP contribution in [0.5, 0.6) is 0 Å². The maximum atomic E-state index is 13.2. The first kappa shape index (κ1) is 33.7. The smallest absolute Gasteiger partial charge is 0.338 e. The Morgan fingerprint density at radius 2 is 1.76 bits per heavy atom. The third kappa shape index (κ3) is 5.24. The highest BCUT2D eigenvalue weighted by Crippen LogP contribution is 2.70. The van der Waals surface area contributed by atoms with E-state index in [1.807, 2.05) is 0 Å². The molecule has 5 fully saturated rings. The average molecular weight is 639 g/mol. The fourth-order valence-electron chi connectivity index (χ4n) is 10.9. The number of esters is 1. The van der Waals surface area contributed by atoms with Crippen LogP contribution in [-0.4, -0.2) is 110 Å². The van der Waals surface area contributed by atoms with Crippen LogP contribution in [0.2, 0.25) is 0 Å². The number of fused-ring (bicyclic) bond motifs is 7. The molecule has 6 aliphatic rings. The van der Waals surface area contributed by atoms with Crippen molar-refractivity contribution in [2.45, 2.75) is 134 Å². The van der Waals surface area contributed by atoms with E-state index in [0.717, 1.165) is 50.7 Å². The van der Waals surface area contributed by atoms with Crippen LogP contribution in [0.1, 0.15) is 79.1 Å². The van der Waals surface area contributed by atoms with Crippen molar-refractivity contribution in [2.75, 3.05) is 13.2 Å². The number of allylic oxidation sites excluding steroid dienone is 1. The van der Waals surface area contributed by atoms with Crippen molar-refractivity contribution < 1.29 is 54.8 Å². The van der Waals surface area contributed by atoms with Crippen LogP contribution in [0.3, 0.4) is 0 Å². The third-order valence-electron chi connectivity index (χ3n) is 13.5. The summed E-state index contributed by atoms with van der Waals surface area (Å²) < 4.78 is 19.2. The molecule has 6 rings (SSSR count). The Bertz CT molecular complexity index is 1140. The molecule has 0 amide bonds. The van der Waals surface area contributed by atoms with E-state index in [2.05, 4.69) is 33.8 Å². The Morgan fingerprint density at radius 3 is 2.42 bits per heavy atom. The van der Waals surface area contributed by atoms with Crippen molar-refractivity contribution in [3.63, 3.8) is 0 Å². The number of hydrogen-bond acceptors (Lipinski definition) is 11. The van der Waals surface area contributed by atoms with Crippen molar-refractivity contribution in [3.8, 4) is 0 Å². The predicted octanol–water partition coefficient (Wildman–Crippen LogP) is 1.03. The summed E-state index contributed by atoms with van der Waals surface area (Å²) in [6.45, 7) is 8.94. The van der Waals surface area contributed by atoms with Crippen molar-refractivity contribution in [2.24, 2.45) is 46.3 Å². The van der Waals surface area contributed by atoms with Gasteiger partial charge in [-0.2, -0.15) is 0 Å². The molecule has 1 spiro atoms. The SMILES string of the molecule is C[C@@H]1CC[C@@]2(OC1)O[C@H]1C[C@H]3[C@@H]4CC=C5C[C@@H](O)C[C@@H](OC(=O)[C@@H](O)[C@@H](O)[C@H](O)[C@H](O)[C@H](O)CO)[C@]5(C)[C@H]4CC[C@]3(C)[C@H]1[C@@H]2C. The van der Waals surface area contributed by atoms with Crippen LogP contribution in [-0.2, 0) is 19.0 Å². The Labute approximate surface area is 265 Å². The molecule has 45 heavy (non-hydrogen) atoms. The van der Waals surface area contributed by atoms with E-state index >= 15 is 0 Å². The lowest BCUT2D eigenvalue weighted by molar-refractivity contribution is -0.272. The zero-order chi connectivity index (χ0) is 32.6. The molecule has 0 aromatic rings. The molecule has 11 heteroatoms. The Morgan fingerprint density at radius 1 is 1.02 bits per heavy atom. The zero-order valence-electron chi connectivity index (χ0n) is 27.0. The molecule has 0 aromatic heterocycles. The van der Waals surface area contributed by atoms with Crippen molar-refractivity contribution in [3.05, 3.63) is 11.6 Å². The van der Waals surface area contributed by atoms with E-state index in [4.69, 9.17) is 19.3 Å². The summed E-state index contributed by atoms with van der Waals surface area (Å²) in [6, 6.07) is 0. The first-order valence-electron chi connectivity index (χ1n) is 17.1. The van der Waals surface area contributed by atoms with Gasteiger partial charge in [0.05, 0.1) is 25.4 Å². The largest absolute Gasteiger partial charge is 0.459 e. The summed E-state index contributed by atoms with van der Waals surface area (Å²) in [5, 5.41) is 70.8. The van der Waals surface area contributed by atoms with Crippen LogP contribution >= 0.6 is 0 Å². The van der Waals surface area contributed by atoms with Gasteiger partial charge in [-0.05, 0) is 73.5 Å². The number of aliphatic hydroxyl groups is 7. The van der Waals surface area contributed by atoms with E-state index in [-0.39, 0.29) is 23.9 Å². The van der Waals surface area contributed by atoms with Gasteiger partial charge in [-0.1, -0.05) is 39.3 Å². The molecule has 0 radical (unpaired) electrons. The first-order valence-corrected chi connectivity index (χ1v) is 17.1. The maximum absolute atomic E-state index is 13.2. The number of hydrogen-bond donors (Lipinski definition) is 7. The molecule has 2 heterocycles. The molecule has 7 N–H and O–H groups in total. The van der Waals surface area contributed by atoms with E-state index in [1.165, 1.54) is 0 Å². The van der Waals surface area contributed by atoms with Crippen LogP contribution in [0.4, 0.5) is 0 Å². The average Bonchev–Trinajstić information content (AvgIpc) is 3.46. The summed E-state index contributed by atoms with van der Waals surface area (Å²) in [6.07, 6.45) is -2.93. The first-order chi connectivity index (χ1) is 21.2. The fourth-order valence-corrected chi connectivity index (χ4v) is 10.9. The Kier molecular flexibility index (Phi) is 9.05. The second kappa shape index (κ2) is 12.1. The molecule has 256 valence electrons. The van der Waals surface area contributed by atoms with Crippen LogP contribution in [0, 0.1) is 46.3 Å². The number of carbonyl (C=O) groups excluding carboxylic acids is 1. The number of aliphatic hydroxyl groups excluding tert-OH is 7. The number of rotatable bonds is 7. The Hall–Kier alpha value is -1.15. The van der Waals surface area contributed by atoms with Gasteiger partial charge in [0.15, 0.2) is 11.9 Å². The lowest BCUT2D eigenvalue weighted by Crippen LogP contribution is -2.58. The quantitative estimate of drug-likeness (QED) is 0.156. The molecule has 4 aliphatic carbocycles. The summed E-state index contributed by atoms with van der Waals surface area (Å²) in [5.41, 5.74) is 0.537. The molecular weight excluding hydrogens is 584 g/mol. The standard InChI is InChI=1S/C34H54O11/c1-16-7-10-34(43-15-16)17(2)26-24(45-34)13-22-20-6-5-18-11-19(36)12-25(33(18,4)21(20)8-9-32(22,26)3)44-31(42)30(41)29(40)28(39)27(38)23(37)14-35/h5,16-17,19-30,35-41H,6-15H2,1-4H3/t16-,17+,19-,20-,21+,22+,23-,24+,25-,26+,27-,28-,29+,30+,32+,33+,34-/m1/s1. The number of carbonyl (C=O) groups is 1. The molecule has 17 atom stereocenters. The molecule has 11 nitrogen and oxygen atoms in total. The van der Waals surface area contributed by atoms with E-state index in [0.29, 0.717) is 36.0 Å². The normalized spacial score (nSPS) is 49.0. The molecular formula is C34H54O11. The van der Waals surface area contributed by atoms with Crippen molar-refractivity contribution in [1.82, 2.24) is 0 Å². The third-order valence-corrected chi connectivity index (χ3v) is 13.5. The van der Waals surface area contributed by atoms with Gasteiger partial charge in [0.25, 0.3) is 0 Å². The maximum Gasteiger partial charge on any atom is 0.338 e. The molecule has 0 bridgehead atoms. The molecule has 0 unspecified atom stereocenters. The molecule has 0 aromatic carbocycles. The second-order valence-electron chi connectivity index (χ2n) is 15.8. The van der Waals surface area contributed by atoms with Crippen LogP contribution in [0.15, 0.2) is 11.6 Å². The predicted molar refractivity (Wildman–Crippen MR) is 160 cm³/mol. The zero-order valence-corrected chi connectivity index (χ0v) is 27.0. The summed E-state index contributed by atoms with van der Waals surface area (Å²) >= 11 is 0. The fraction of sp³-hybridized carbons (Fsp3) is 0.912. The van der Waals surface area contributed by atoms with E-state index < -0.39 is 66.5 Å². The van der Waals surface area contributed by atoms with Crippen molar-refractivity contribution >= 4 is 5.97 Å². The van der Waals surface area contributed by atoms with Gasteiger partial charge < -0.3 is 50.0 Å². The lowest BCUT2D eigenvalue weighted by atomic mass is 9.46. The van der Waals surface area contributed by atoms with E-state index in [9.17, 15) is 35.4 Å². The van der Waals surface area contributed by atoms with Gasteiger partial charge in [0.2, 0.25) is 0 Å². The highest BCUT2D eigenvalue weighted by molar-refractivity contribution is 5.75. The van der Waals surface area contributed by atoms with Gasteiger partial charge in [-0.25, -0.2) is 4.79 Å². The summed E-state index contributed by atoms with van der Waals surface area (Å²) in [7, 11) is 0. The lowest BCUT2D eigenvalue weighted by Gasteiger charge is -2.60. The summed E-state index contributed by atoms with van der Waals surface area (Å²) in [5.74, 6) is 0.488. The minimum absolute atomic E-state index is 0.0830. The van der Waals surface area contributed by atoms with Gasteiger partial charge in [-0.3, -0.25) is 0 Å².